The highest BCUT2D eigenvalue weighted by atomic mass is 19.1. The minimum absolute atomic E-state index is 0.169. The van der Waals surface area contributed by atoms with Crippen LogP contribution in [-0.2, 0) is 28.9 Å². The average Bonchev–Trinajstić information content (AvgIpc) is 2.68. The monoisotopic (exact) mass is 415 g/mol. The Hall–Kier alpha value is -2.63. The number of fused-ring (bicyclic) bond motifs is 1. The van der Waals surface area contributed by atoms with Crippen molar-refractivity contribution in [2.75, 3.05) is 18.1 Å². The molecular formula is C24H27F2NO3. The predicted octanol–water partition coefficient (Wildman–Crippen LogP) is 4.95. The molecule has 1 saturated carbocycles. The van der Waals surface area contributed by atoms with E-state index in [-0.39, 0.29) is 30.1 Å². The minimum atomic E-state index is -0.326. The topological polar surface area (TPSA) is 38.8 Å². The van der Waals surface area contributed by atoms with Gasteiger partial charge in [-0.05, 0) is 67.9 Å². The van der Waals surface area contributed by atoms with Crippen molar-refractivity contribution in [1.29, 1.82) is 0 Å². The summed E-state index contributed by atoms with van der Waals surface area (Å²) in [4.78, 5) is 13.6. The van der Waals surface area contributed by atoms with Gasteiger partial charge in [-0.25, -0.2) is 8.78 Å². The Labute approximate surface area is 175 Å². The number of anilines is 1. The van der Waals surface area contributed by atoms with Gasteiger partial charge in [0.25, 0.3) is 0 Å². The number of carbonyl (C=O) groups is 1. The van der Waals surface area contributed by atoms with Crippen LogP contribution in [0.15, 0.2) is 30.3 Å². The van der Waals surface area contributed by atoms with Crippen molar-refractivity contribution in [2.24, 2.45) is 0 Å². The van der Waals surface area contributed by atoms with Gasteiger partial charge in [0.1, 0.15) is 17.4 Å². The Morgan fingerprint density at radius 1 is 1.13 bits per heavy atom. The fourth-order valence-electron chi connectivity index (χ4n) is 3.99. The van der Waals surface area contributed by atoms with Crippen molar-refractivity contribution in [3.8, 4) is 5.75 Å². The zero-order chi connectivity index (χ0) is 21.1. The number of aryl methyl sites for hydroxylation is 1. The average molecular weight is 415 g/mol. The Bertz CT molecular complexity index is 927. The molecule has 1 aliphatic heterocycles. The third-order valence-electron chi connectivity index (χ3n) is 5.86. The second kappa shape index (κ2) is 9.02. The maximum Gasteiger partial charge on any atom is 0.306 e. The van der Waals surface area contributed by atoms with Gasteiger partial charge in [-0.2, -0.15) is 0 Å². The summed E-state index contributed by atoms with van der Waals surface area (Å²) >= 11 is 0. The SMILES string of the molecule is CCOC(=O)CCc1cc2c(cc1F)CN(c1cc(F)cc(OC3CCC3)c1)CC2. The van der Waals surface area contributed by atoms with Gasteiger partial charge in [0, 0.05) is 37.3 Å². The lowest BCUT2D eigenvalue weighted by Gasteiger charge is -2.32. The van der Waals surface area contributed by atoms with Crippen LogP contribution >= 0.6 is 0 Å². The van der Waals surface area contributed by atoms with Crippen LogP contribution < -0.4 is 9.64 Å². The molecule has 4 nitrogen and oxygen atoms in total. The number of hydrogen-bond acceptors (Lipinski definition) is 4. The van der Waals surface area contributed by atoms with Crippen LogP contribution in [0.1, 0.15) is 49.3 Å². The number of ether oxygens (including phenoxy) is 2. The molecule has 160 valence electrons. The zero-order valence-electron chi connectivity index (χ0n) is 17.3. The van der Waals surface area contributed by atoms with E-state index in [9.17, 15) is 13.6 Å². The summed E-state index contributed by atoms with van der Waals surface area (Å²) in [7, 11) is 0. The van der Waals surface area contributed by atoms with Crippen LogP contribution in [0.3, 0.4) is 0 Å². The number of hydrogen-bond donors (Lipinski definition) is 0. The summed E-state index contributed by atoms with van der Waals surface area (Å²) in [5.41, 5.74) is 3.26. The lowest BCUT2D eigenvalue weighted by Crippen LogP contribution is -2.31. The van der Waals surface area contributed by atoms with Gasteiger partial charge < -0.3 is 14.4 Å². The van der Waals surface area contributed by atoms with Gasteiger partial charge in [-0.3, -0.25) is 4.79 Å². The van der Waals surface area contributed by atoms with E-state index in [1.807, 2.05) is 12.1 Å². The number of esters is 1. The first-order chi connectivity index (χ1) is 14.5. The number of carbonyl (C=O) groups excluding carboxylic acids is 1. The van der Waals surface area contributed by atoms with Crippen LogP contribution in [-0.4, -0.2) is 25.2 Å². The molecule has 1 fully saturated rings. The molecule has 4 rings (SSSR count). The fraction of sp³-hybridized carbons (Fsp3) is 0.458. The van der Waals surface area contributed by atoms with Crippen molar-refractivity contribution >= 4 is 11.7 Å². The zero-order valence-corrected chi connectivity index (χ0v) is 17.3. The second-order valence-corrected chi connectivity index (χ2v) is 8.00. The first kappa shape index (κ1) is 20.6. The molecule has 0 atom stereocenters. The Morgan fingerprint density at radius 3 is 2.70 bits per heavy atom. The molecule has 2 aromatic carbocycles. The van der Waals surface area contributed by atoms with Crippen molar-refractivity contribution in [2.45, 2.75) is 58.1 Å². The Balaban J connectivity index is 1.47. The minimum Gasteiger partial charge on any atom is -0.490 e. The van der Waals surface area contributed by atoms with Gasteiger partial charge in [-0.15, -0.1) is 0 Å². The van der Waals surface area contributed by atoms with Crippen molar-refractivity contribution in [1.82, 2.24) is 0 Å². The van der Waals surface area contributed by atoms with E-state index >= 15 is 0 Å². The summed E-state index contributed by atoms with van der Waals surface area (Å²) in [5.74, 6) is -0.394. The maximum atomic E-state index is 14.6. The van der Waals surface area contributed by atoms with Crippen LogP contribution in [0.25, 0.3) is 0 Å². The van der Waals surface area contributed by atoms with E-state index in [1.54, 1.807) is 13.0 Å². The van der Waals surface area contributed by atoms with E-state index in [4.69, 9.17) is 9.47 Å². The highest BCUT2D eigenvalue weighted by Gasteiger charge is 2.22. The van der Waals surface area contributed by atoms with Crippen LogP contribution in [0.4, 0.5) is 14.5 Å². The molecule has 6 heteroatoms. The summed E-state index contributed by atoms with van der Waals surface area (Å²) in [6, 6.07) is 8.21. The van der Waals surface area contributed by atoms with E-state index in [2.05, 4.69) is 4.90 Å². The molecule has 0 bridgehead atoms. The molecule has 1 aliphatic carbocycles. The normalized spacial score (nSPS) is 16.0. The quantitative estimate of drug-likeness (QED) is 0.600. The van der Waals surface area contributed by atoms with Gasteiger partial charge in [0.2, 0.25) is 0 Å². The van der Waals surface area contributed by atoms with Gasteiger partial charge in [0.15, 0.2) is 0 Å². The van der Waals surface area contributed by atoms with Crippen molar-refractivity contribution in [3.05, 3.63) is 58.7 Å². The molecule has 0 radical (unpaired) electrons. The number of nitrogens with zero attached hydrogens (tertiary/aromatic N) is 1. The summed E-state index contributed by atoms with van der Waals surface area (Å²) in [5, 5.41) is 0. The van der Waals surface area contributed by atoms with Crippen LogP contribution in [0.5, 0.6) is 5.75 Å². The largest absolute Gasteiger partial charge is 0.490 e. The smallest absolute Gasteiger partial charge is 0.306 e. The summed E-state index contributed by atoms with van der Waals surface area (Å²) < 4.78 is 39.6. The maximum absolute atomic E-state index is 14.6. The van der Waals surface area contributed by atoms with Crippen molar-refractivity contribution < 1.29 is 23.0 Å². The molecule has 0 amide bonds. The summed E-state index contributed by atoms with van der Waals surface area (Å²) in [6.07, 6.45) is 4.60. The van der Waals surface area contributed by atoms with Crippen LogP contribution in [0.2, 0.25) is 0 Å². The Morgan fingerprint density at radius 2 is 1.97 bits per heavy atom. The van der Waals surface area contributed by atoms with Gasteiger partial charge >= 0.3 is 5.97 Å². The first-order valence-electron chi connectivity index (χ1n) is 10.7. The van der Waals surface area contributed by atoms with Crippen LogP contribution in [0, 0.1) is 11.6 Å². The first-order valence-corrected chi connectivity index (χ1v) is 10.7. The molecule has 2 aliphatic rings. The summed E-state index contributed by atoms with van der Waals surface area (Å²) in [6.45, 7) is 3.30. The molecule has 0 aromatic heterocycles. The number of rotatable bonds is 7. The lowest BCUT2D eigenvalue weighted by atomic mass is 9.94. The van der Waals surface area contributed by atoms with Gasteiger partial charge in [-0.1, -0.05) is 6.07 Å². The third-order valence-corrected chi connectivity index (χ3v) is 5.86. The molecule has 1 heterocycles. The number of halogens is 2. The molecule has 0 unspecified atom stereocenters. The highest BCUT2D eigenvalue weighted by Crippen LogP contribution is 2.32. The lowest BCUT2D eigenvalue weighted by molar-refractivity contribution is -0.143. The predicted molar refractivity (Wildman–Crippen MR) is 111 cm³/mol. The van der Waals surface area contributed by atoms with Crippen molar-refractivity contribution in [3.63, 3.8) is 0 Å². The van der Waals surface area contributed by atoms with E-state index in [0.717, 1.165) is 42.5 Å². The molecule has 2 aromatic rings. The molecule has 0 N–H and O–H groups in total. The molecular weight excluding hydrogens is 388 g/mol. The second-order valence-electron chi connectivity index (χ2n) is 8.00. The number of benzene rings is 2. The van der Waals surface area contributed by atoms with E-state index in [1.165, 1.54) is 12.1 Å². The fourth-order valence-corrected chi connectivity index (χ4v) is 3.99. The highest BCUT2D eigenvalue weighted by molar-refractivity contribution is 5.69. The molecule has 0 spiro atoms. The van der Waals surface area contributed by atoms with E-state index < -0.39 is 0 Å². The standard InChI is InChI=1S/C24H27F2NO3/c1-2-29-24(28)7-6-17-10-16-8-9-27(15-18(16)11-23(17)26)20-12-19(25)13-22(14-20)30-21-4-3-5-21/h10-14,21H,2-9,15H2,1H3. The van der Waals surface area contributed by atoms with E-state index in [0.29, 0.717) is 37.4 Å². The third kappa shape index (κ3) is 4.74. The molecule has 30 heavy (non-hydrogen) atoms. The Kier molecular flexibility index (Phi) is 6.21. The van der Waals surface area contributed by atoms with Gasteiger partial charge in [0.05, 0.1) is 12.7 Å². The molecule has 0 saturated heterocycles.